The summed E-state index contributed by atoms with van der Waals surface area (Å²) in [6.45, 7) is 5.11. The molecule has 0 bridgehead atoms. The summed E-state index contributed by atoms with van der Waals surface area (Å²) in [6, 6.07) is 13.6. The van der Waals surface area contributed by atoms with E-state index in [-0.39, 0.29) is 17.8 Å². The normalized spacial score (nSPS) is 17.1. The van der Waals surface area contributed by atoms with Gasteiger partial charge in [0, 0.05) is 18.9 Å². The number of hydrogen-bond donors (Lipinski definition) is 1. The first kappa shape index (κ1) is 19.4. The van der Waals surface area contributed by atoms with Gasteiger partial charge in [0.15, 0.2) is 0 Å². The summed E-state index contributed by atoms with van der Waals surface area (Å²) in [5, 5.41) is 3.02. The second kappa shape index (κ2) is 8.53. The van der Waals surface area contributed by atoms with Crippen LogP contribution in [0.1, 0.15) is 38.7 Å². The van der Waals surface area contributed by atoms with E-state index < -0.39 is 5.41 Å². The van der Waals surface area contributed by atoms with Gasteiger partial charge in [-0.15, -0.1) is 0 Å². The van der Waals surface area contributed by atoms with Gasteiger partial charge < -0.3 is 14.8 Å². The number of anilines is 1. The molecule has 3 rings (SSSR count). The number of benzene rings is 2. The first-order valence-electron chi connectivity index (χ1n) is 9.45. The molecule has 0 unspecified atom stereocenters. The standard InChI is InChI=1S/C22H26FNO3/c1-3-16(2)27-20-10-8-19(9-11-20)24-21(25)22(12-14-26-15-13-22)17-4-6-18(23)7-5-17/h4-11,16H,3,12-15H2,1-2H3,(H,24,25)/t16-/m1/s1. The van der Waals surface area contributed by atoms with Crippen molar-refractivity contribution in [2.45, 2.75) is 44.6 Å². The topological polar surface area (TPSA) is 47.6 Å². The van der Waals surface area contributed by atoms with Crippen LogP contribution in [0, 0.1) is 5.82 Å². The smallest absolute Gasteiger partial charge is 0.235 e. The summed E-state index contributed by atoms with van der Waals surface area (Å²) in [7, 11) is 0. The molecule has 1 saturated heterocycles. The number of hydrogen-bond acceptors (Lipinski definition) is 3. The van der Waals surface area contributed by atoms with E-state index >= 15 is 0 Å². The molecule has 4 nitrogen and oxygen atoms in total. The summed E-state index contributed by atoms with van der Waals surface area (Å²) in [5.41, 5.74) is 0.823. The van der Waals surface area contributed by atoms with Gasteiger partial charge in [0.2, 0.25) is 5.91 Å². The molecule has 0 aromatic heterocycles. The van der Waals surface area contributed by atoms with Crippen LogP contribution in [-0.4, -0.2) is 25.2 Å². The molecule has 1 aliphatic rings. The lowest BCUT2D eigenvalue weighted by atomic mass is 9.73. The number of nitrogens with one attached hydrogen (secondary N) is 1. The van der Waals surface area contributed by atoms with Crippen LogP contribution >= 0.6 is 0 Å². The van der Waals surface area contributed by atoms with Gasteiger partial charge in [0.1, 0.15) is 11.6 Å². The Hall–Kier alpha value is -2.40. The van der Waals surface area contributed by atoms with Gasteiger partial charge in [-0.1, -0.05) is 19.1 Å². The zero-order valence-electron chi connectivity index (χ0n) is 15.8. The Labute approximate surface area is 159 Å². The van der Waals surface area contributed by atoms with E-state index in [0.717, 1.165) is 17.7 Å². The molecule has 1 aliphatic heterocycles. The molecule has 0 saturated carbocycles. The minimum Gasteiger partial charge on any atom is -0.491 e. The number of halogens is 1. The number of rotatable bonds is 6. The van der Waals surface area contributed by atoms with Crippen molar-refractivity contribution in [1.82, 2.24) is 0 Å². The molecule has 27 heavy (non-hydrogen) atoms. The van der Waals surface area contributed by atoms with Gasteiger partial charge in [0.25, 0.3) is 0 Å². The van der Waals surface area contributed by atoms with Crippen LogP contribution in [0.3, 0.4) is 0 Å². The molecule has 0 spiro atoms. The third-order valence-electron chi connectivity index (χ3n) is 5.20. The molecule has 1 N–H and O–H groups in total. The third kappa shape index (κ3) is 4.48. The largest absolute Gasteiger partial charge is 0.491 e. The van der Waals surface area contributed by atoms with E-state index in [1.807, 2.05) is 31.2 Å². The molecule has 1 atom stereocenters. The first-order valence-corrected chi connectivity index (χ1v) is 9.45. The van der Waals surface area contributed by atoms with E-state index in [0.29, 0.717) is 31.7 Å². The Bertz CT molecular complexity index is 752. The van der Waals surface area contributed by atoms with Crippen molar-refractivity contribution in [1.29, 1.82) is 0 Å². The summed E-state index contributed by atoms with van der Waals surface area (Å²) < 4.78 is 24.6. The lowest BCUT2D eigenvalue weighted by Gasteiger charge is -2.36. The summed E-state index contributed by atoms with van der Waals surface area (Å²) >= 11 is 0. The highest BCUT2D eigenvalue weighted by Crippen LogP contribution is 2.36. The van der Waals surface area contributed by atoms with Gasteiger partial charge in [-0.05, 0) is 68.1 Å². The SMILES string of the molecule is CC[C@@H](C)Oc1ccc(NC(=O)C2(c3ccc(F)cc3)CCOCC2)cc1. The van der Waals surface area contributed by atoms with Crippen LogP contribution in [0.25, 0.3) is 0 Å². The predicted molar refractivity (Wildman–Crippen MR) is 104 cm³/mol. The van der Waals surface area contributed by atoms with Gasteiger partial charge in [0.05, 0.1) is 11.5 Å². The minimum atomic E-state index is -0.710. The number of amides is 1. The predicted octanol–water partition coefficient (Wildman–Crippen LogP) is 4.69. The van der Waals surface area contributed by atoms with Crippen molar-refractivity contribution in [3.8, 4) is 5.75 Å². The molecule has 1 fully saturated rings. The molecule has 0 aliphatic carbocycles. The number of carbonyl (C=O) groups excluding carboxylic acids is 1. The molecular formula is C22H26FNO3. The lowest BCUT2D eigenvalue weighted by Crippen LogP contribution is -2.44. The van der Waals surface area contributed by atoms with Crippen molar-refractivity contribution in [2.75, 3.05) is 18.5 Å². The van der Waals surface area contributed by atoms with Gasteiger partial charge in [-0.2, -0.15) is 0 Å². The lowest BCUT2D eigenvalue weighted by molar-refractivity contribution is -0.125. The van der Waals surface area contributed by atoms with E-state index in [9.17, 15) is 9.18 Å². The van der Waals surface area contributed by atoms with Crippen molar-refractivity contribution in [3.05, 3.63) is 59.9 Å². The van der Waals surface area contributed by atoms with Crippen LogP contribution in [0.2, 0.25) is 0 Å². The third-order valence-corrected chi connectivity index (χ3v) is 5.20. The molecule has 5 heteroatoms. The van der Waals surface area contributed by atoms with E-state index in [4.69, 9.17) is 9.47 Å². The van der Waals surface area contributed by atoms with Gasteiger partial charge in [-0.25, -0.2) is 4.39 Å². The zero-order valence-corrected chi connectivity index (χ0v) is 15.8. The molecular weight excluding hydrogens is 345 g/mol. The summed E-state index contributed by atoms with van der Waals surface area (Å²) in [5.74, 6) is 0.382. The Morgan fingerprint density at radius 1 is 1.15 bits per heavy atom. The fourth-order valence-electron chi connectivity index (χ4n) is 3.32. The number of carbonyl (C=O) groups is 1. The maximum Gasteiger partial charge on any atom is 0.235 e. The second-order valence-electron chi connectivity index (χ2n) is 7.02. The molecule has 2 aromatic rings. The highest BCUT2D eigenvalue weighted by atomic mass is 19.1. The van der Waals surface area contributed by atoms with Crippen LogP contribution in [0.4, 0.5) is 10.1 Å². The fourth-order valence-corrected chi connectivity index (χ4v) is 3.32. The monoisotopic (exact) mass is 371 g/mol. The van der Waals surface area contributed by atoms with Crippen molar-refractivity contribution in [3.63, 3.8) is 0 Å². The van der Waals surface area contributed by atoms with Crippen molar-refractivity contribution in [2.24, 2.45) is 0 Å². The second-order valence-corrected chi connectivity index (χ2v) is 7.02. The average Bonchev–Trinajstić information content (AvgIpc) is 2.70. The van der Waals surface area contributed by atoms with Crippen molar-refractivity contribution >= 4 is 11.6 Å². The Morgan fingerprint density at radius 3 is 2.37 bits per heavy atom. The molecule has 1 amide bonds. The Morgan fingerprint density at radius 2 is 1.78 bits per heavy atom. The summed E-state index contributed by atoms with van der Waals surface area (Å²) in [4.78, 5) is 13.2. The maximum absolute atomic E-state index is 13.3. The quantitative estimate of drug-likeness (QED) is 0.801. The molecule has 1 heterocycles. The average molecular weight is 371 g/mol. The highest BCUT2D eigenvalue weighted by Gasteiger charge is 2.41. The van der Waals surface area contributed by atoms with Gasteiger partial charge >= 0.3 is 0 Å². The van der Waals surface area contributed by atoms with Gasteiger partial charge in [-0.3, -0.25) is 4.79 Å². The molecule has 144 valence electrons. The van der Waals surface area contributed by atoms with E-state index in [1.54, 1.807) is 12.1 Å². The van der Waals surface area contributed by atoms with Crippen LogP contribution in [0.5, 0.6) is 5.75 Å². The molecule has 2 aromatic carbocycles. The minimum absolute atomic E-state index is 0.0898. The zero-order chi connectivity index (χ0) is 19.3. The van der Waals surface area contributed by atoms with E-state index in [1.165, 1.54) is 12.1 Å². The van der Waals surface area contributed by atoms with Crippen LogP contribution in [-0.2, 0) is 14.9 Å². The molecule has 0 radical (unpaired) electrons. The fraction of sp³-hybridized carbons (Fsp3) is 0.409. The van der Waals surface area contributed by atoms with Crippen LogP contribution in [0.15, 0.2) is 48.5 Å². The number of ether oxygens (including phenoxy) is 2. The maximum atomic E-state index is 13.3. The first-order chi connectivity index (χ1) is 13.0. The summed E-state index contributed by atoms with van der Waals surface area (Å²) in [6.07, 6.45) is 2.22. The van der Waals surface area contributed by atoms with Crippen LogP contribution < -0.4 is 10.1 Å². The Kier molecular flexibility index (Phi) is 6.11. The van der Waals surface area contributed by atoms with E-state index in [2.05, 4.69) is 12.2 Å². The highest BCUT2D eigenvalue weighted by molar-refractivity contribution is 5.99. The Balaban J connectivity index is 1.78. The van der Waals surface area contributed by atoms with Crippen molar-refractivity contribution < 1.29 is 18.7 Å².